The van der Waals surface area contributed by atoms with E-state index in [2.05, 4.69) is 4.98 Å². The molecule has 1 amide bonds. The molecule has 0 spiro atoms. The second-order valence-corrected chi connectivity index (χ2v) is 3.19. The fourth-order valence-corrected chi connectivity index (χ4v) is 1.50. The predicted octanol–water partition coefficient (Wildman–Crippen LogP) is 0.167. The van der Waals surface area contributed by atoms with Crippen LogP contribution in [0.1, 0.15) is 21.9 Å². The van der Waals surface area contributed by atoms with Crippen LogP contribution >= 0.6 is 11.3 Å². The first-order valence-corrected chi connectivity index (χ1v) is 4.47. The monoisotopic (exact) mass is 186 g/mol. The third kappa shape index (κ3) is 2.28. The van der Waals surface area contributed by atoms with Crippen LogP contribution in [-0.2, 0) is 6.42 Å². The van der Waals surface area contributed by atoms with Crippen LogP contribution in [0.5, 0.6) is 0 Å². The van der Waals surface area contributed by atoms with Gasteiger partial charge in [-0.2, -0.15) is 0 Å². The summed E-state index contributed by atoms with van der Waals surface area (Å²) in [6, 6.07) is 0. The Balaban J connectivity index is 2.58. The van der Waals surface area contributed by atoms with Gasteiger partial charge in [0.15, 0.2) is 5.01 Å². The van der Waals surface area contributed by atoms with Crippen molar-refractivity contribution >= 4 is 17.2 Å². The van der Waals surface area contributed by atoms with Crippen molar-refractivity contribution in [2.45, 2.75) is 12.8 Å². The minimum atomic E-state index is -0.491. The molecule has 0 radical (unpaired) electrons. The van der Waals surface area contributed by atoms with Gasteiger partial charge < -0.3 is 10.8 Å². The average molecular weight is 186 g/mol. The molecule has 12 heavy (non-hydrogen) atoms. The molecule has 0 bridgehead atoms. The van der Waals surface area contributed by atoms with Crippen molar-refractivity contribution in [1.82, 2.24) is 4.98 Å². The van der Waals surface area contributed by atoms with E-state index in [1.165, 1.54) is 11.3 Å². The molecule has 0 unspecified atom stereocenters. The van der Waals surface area contributed by atoms with Crippen molar-refractivity contribution in [1.29, 1.82) is 0 Å². The number of aliphatic hydroxyl groups is 1. The van der Waals surface area contributed by atoms with E-state index in [0.717, 1.165) is 5.69 Å². The number of hydrogen-bond donors (Lipinski definition) is 2. The van der Waals surface area contributed by atoms with E-state index in [0.29, 0.717) is 17.8 Å². The van der Waals surface area contributed by atoms with Gasteiger partial charge in [0.05, 0.1) is 5.69 Å². The summed E-state index contributed by atoms with van der Waals surface area (Å²) in [5, 5.41) is 10.7. The van der Waals surface area contributed by atoms with Gasteiger partial charge in [-0.15, -0.1) is 11.3 Å². The van der Waals surface area contributed by atoms with Crippen molar-refractivity contribution < 1.29 is 9.90 Å². The van der Waals surface area contributed by atoms with Crippen LogP contribution in [-0.4, -0.2) is 22.6 Å². The van der Waals surface area contributed by atoms with Gasteiger partial charge in [0.2, 0.25) is 0 Å². The molecule has 0 atom stereocenters. The molecule has 0 aliphatic carbocycles. The molecule has 0 aliphatic heterocycles. The second-order valence-electron chi connectivity index (χ2n) is 2.34. The van der Waals surface area contributed by atoms with Crippen LogP contribution < -0.4 is 5.73 Å². The summed E-state index contributed by atoms with van der Waals surface area (Å²) < 4.78 is 0. The predicted molar refractivity (Wildman–Crippen MR) is 46.0 cm³/mol. The van der Waals surface area contributed by atoms with Crippen LogP contribution in [0.25, 0.3) is 0 Å². The summed E-state index contributed by atoms with van der Waals surface area (Å²) in [6.45, 7) is 0.142. The number of nitrogens with two attached hydrogens (primary N) is 1. The Bertz CT molecular complexity index is 272. The summed E-state index contributed by atoms with van der Waals surface area (Å²) in [7, 11) is 0. The van der Waals surface area contributed by atoms with E-state index < -0.39 is 5.91 Å². The molecule has 0 saturated carbocycles. The van der Waals surface area contributed by atoms with Gasteiger partial charge >= 0.3 is 0 Å². The smallest absolute Gasteiger partial charge is 0.277 e. The van der Waals surface area contributed by atoms with E-state index >= 15 is 0 Å². The van der Waals surface area contributed by atoms with Gasteiger partial charge in [-0.3, -0.25) is 4.79 Å². The maximum Gasteiger partial charge on any atom is 0.277 e. The highest BCUT2D eigenvalue weighted by Crippen LogP contribution is 2.10. The molecular weight excluding hydrogens is 176 g/mol. The molecule has 0 aliphatic rings. The number of carbonyl (C=O) groups is 1. The minimum absolute atomic E-state index is 0.142. The van der Waals surface area contributed by atoms with Crippen LogP contribution in [0.3, 0.4) is 0 Å². The highest BCUT2D eigenvalue weighted by molar-refractivity contribution is 7.11. The topological polar surface area (TPSA) is 76.2 Å². The first-order valence-electron chi connectivity index (χ1n) is 3.59. The summed E-state index contributed by atoms with van der Waals surface area (Å²) in [5.41, 5.74) is 5.84. The maximum atomic E-state index is 10.6. The van der Waals surface area contributed by atoms with E-state index in [9.17, 15) is 4.79 Å². The van der Waals surface area contributed by atoms with Crippen molar-refractivity contribution in [3.05, 3.63) is 16.1 Å². The number of aromatic nitrogens is 1. The maximum absolute atomic E-state index is 10.6. The zero-order valence-corrected chi connectivity index (χ0v) is 7.30. The van der Waals surface area contributed by atoms with Crippen LogP contribution in [0.2, 0.25) is 0 Å². The van der Waals surface area contributed by atoms with E-state index in [1.54, 1.807) is 5.38 Å². The molecule has 0 saturated heterocycles. The quantitative estimate of drug-likeness (QED) is 0.703. The lowest BCUT2D eigenvalue weighted by atomic mass is 10.3. The van der Waals surface area contributed by atoms with Gasteiger partial charge in [0, 0.05) is 12.0 Å². The number of rotatable bonds is 4. The fraction of sp³-hybridized carbons (Fsp3) is 0.429. The number of carbonyl (C=O) groups excluding carboxylic acids is 1. The number of amides is 1. The average Bonchev–Trinajstić information content (AvgIpc) is 2.48. The summed E-state index contributed by atoms with van der Waals surface area (Å²) in [5.74, 6) is -0.491. The van der Waals surface area contributed by atoms with E-state index in [-0.39, 0.29) is 6.61 Å². The van der Waals surface area contributed by atoms with Gasteiger partial charge in [0.25, 0.3) is 5.91 Å². The summed E-state index contributed by atoms with van der Waals surface area (Å²) >= 11 is 1.24. The minimum Gasteiger partial charge on any atom is -0.396 e. The van der Waals surface area contributed by atoms with Crippen molar-refractivity contribution in [2.75, 3.05) is 6.61 Å². The largest absolute Gasteiger partial charge is 0.396 e. The third-order valence-corrected chi connectivity index (χ3v) is 2.26. The Hall–Kier alpha value is -0.940. The Morgan fingerprint density at radius 3 is 3.00 bits per heavy atom. The number of hydrogen-bond acceptors (Lipinski definition) is 4. The molecule has 5 heteroatoms. The van der Waals surface area contributed by atoms with Crippen LogP contribution in [0, 0.1) is 0 Å². The molecule has 4 nitrogen and oxygen atoms in total. The zero-order valence-electron chi connectivity index (χ0n) is 6.49. The Morgan fingerprint density at radius 1 is 1.75 bits per heavy atom. The molecule has 0 aromatic carbocycles. The lowest BCUT2D eigenvalue weighted by molar-refractivity contribution is 0.1000. The van der Waals surface area contributed by atoms with Gasteiger partial charge in [-0.25, -0.2) is 4.98 Å². The fourth-order valence-electron chi connectivity index (χ4n) is 0.795. The number of nitrogens with zero attached hydrogens (tertiary/aromatic N) is 1. The van der Waals surface area contributed by atoms with Crippen molar-refractivity contribution in [2.24, 2.45) is 5.73 Å². The highest BCUT2D eigenvalue weighted by Gasteiger charge is 2.05. The molecule has 0 fully saturated rings. The Labute approximate surface area is 74.0 Å². The highest BCUT2D eigenvalue weighted by atomic mass is 32.1. The second kappa shape index (κ2) is 4.18. The number of aryl methyl sites for hydroxylation is 1. The lowest BCUT2D eigenvalue weighted by Gasteiger charge is -1.90. The first kappa shape index (κ1) is 9.15. The normalized spacial score (nSPS) is 10.1. The van der Waals surface area contributed by atoms with Crippen LogP contribution in [0.4, 0.5) is 0 Å². The molecule has 66 valence electrons. The number of primary amides is 1. The lowest BCUT2D eigenvalue weighted by Crippen LogP contribution is -2.10. The first-order chi connectivity index (χ1) is 5.74. The van der Waals surface area contributed by atoms with Crippen molar-refractivity contribution in [3.63, 3.8) is 0 Å². The zero-order chi connectivity index (χ0) is 8.97. The SMILES string of the molecule is NC(=O)c1nc(CCCO)cs1. The van der Waals surface area contributed by atoms with Crippen molar-refractivity contribution in [3.8, 4) is 0 Å². The van der Waals surface area contributed by atoms with Gasteiger partial charge in [-0.1, -0.05) is 0 Å². The van der Waals surface area contributed by atoms with E-state index in [4.69, 9.17) is 10.8 Å². The molecule has 1 aromatic rings. The standard InChI is InChI=1S/C7H10N2O2S/c8-6(11)7-9-5(4-12-7)2-1-3-10/h4,10H,1-3H2,(H2,8,11). The van der Waals surface area contributed by atoms with Gasteiger partial charge in [0.1, 0.15) is 0 Å². The number of thiazole rings is 1. The molecule has 1 heterocycles. The van der Waals surface area contributed by atoms with Crippen LogP contribution in [0.15, 0.2) is 5.38 Å². The summed E-state index contributed by atoms with van der Waals surface area (Å²) in [4.78, 5) is 14.6. The Morgan fingerprint density at radius 2 is 2.50 bits per heavy atom. The molecular formula is C7H10N2O2S. The number of aliphatic hydroxyl groups excluding tert-OH is 1. The molecule has 1 aromatic heterocycles. The van der Waals surface area contributed by atoms with Gasteiger partial charge in [-0.05, 0) is 12.8 Å². The summed E-state index contributed by atoms with van der Waals surface area (Å²) in [6.07, 6.45) is 1.36. The van der Waals surface area contributed by atoms with E-state index in [1.807, 2.05) is 0 Å². The Kier molecular flexibility index (Phi) is 3.19. The molecule has 1 rings (SSSR count). The third-order valence-electron chi connectivity index (χ3n) is 1.35. The molecule has 3 N–H and O–H groups in total.